The van der Waals surface area contributed by atoms with E-state index in [4.69, 9.17) is 14.2 Å². The van der Waals surface area contributed by atoms with E-state index in [1.54, 1.807) is 50.6 Å². The van der Waals surface area contributed by atoms with E-state index in [2.05, 4.69) is 0 Å². The molecule has 0 spiro atoms. The highest BCUT2D eigenvalue weighted by atomic mass is 19.1. The number of carbonyl (C=O) groups is 1. The zero-order chi connectivity index (χ0) is 19.2. The van der Waals surface area contributed by atoms with Gasteiger partial charge < -0.3 is 19.1 Å². The molecule has 1 fully saturated rings. The van der Waals surface area contributed by atoms with Crippen LogP contribution in [0.25, 0.3) is 0 Å². The van der Waals surface area contributed by atoms with Gasteiger partial charge >= 0.3 is 0 Å². The van der Waals surface area contributed by atoms with Crippen LogP contribution in [0, 0.1) is 11.7 Å². The molecule has 6 heteroatoms. The third kappa shape index (κ3) is 4.51. The summed E-state index contributed by atoms with van der Waals surface area (Å²) >= 11 is 0. The smallest absolute Gasteiger partial charge is 0.253 e. The van der Waals surface area contributed by atoms with Crippen molar-refractivity contribution in [3.05, 3.63) is 53.8 Å². The first-order valence-electron chi connectivity index (χ1n) is 9.01. The van der Waals surface area contributed by atoms with Crippen molar-refractivity contribution in [3.8, 4) is 17.2 Å². The first-order chi connectivity index (χ1) is 13.1. The van der Waals surface area contributed by atoms with Crippen molar-refractivity contribution < 1.29 is 23.4 Å². The van der Waals surface area contributed by atoms with Crippen LogP contribution in [0.15, 0.2) is 42.5 Å². The molecule has 5 nitrogen and oxygen atoms in total. The van der Waals surface area contributed by atoms with E-state index in [9.17, 15) is 9.18 Å². The molecule has 3 rings (SSSR count). The van der Waals surface area contributed by atoms with Crippen molar-refractivity contribution in [2.45, 2.75) is 12.8 Å². The van der Waals surface area contributed by atoms with E-state index < -0.39 is 0 Å². The molecule has 2 aromatic carbocycles. The molecule has 1 saturated heterocycles. The first-order valence-corrected chi connectivity index (χ1v) is 9.01. The number of rotatable bonds is 6. The Bertz CT molecular complexity index is 788. The van der Waals surface area contributed by atoms with Crippen molar-refractivity contribution in [1.82, 2.24) is 4.90 Å². The average molecular weight is 373 g/mol. The molecular weight excluding hydrogens is 349 g/mol. The number of benzene rings is 2. The third-order valence-electron chi connectivity index (χ3n) is 4.84. The van der Waals surface area contributed by atoms with Crippen molar-refractivity contribution in [1.29, 1.82) is 0 Å². The lowest BCUT2D eigenvalue weighted by molar-refractivity contribution is 0.0659. The Morgan fingerprint density at radius 2 is 1.74 bits per heavy atom. The molecule has 0 atom stereocenters. The van der Waals surface area contributed by atoms with E-state index in [0.717, 1.165) is 12.8 Å². The predicted octanol–water partition coefficient (Wildman–Crippen LogP) is 3.77. The summed E-state index contributed by atoms with van der Waals surface area (Å²) in [5, 5.41) is 0. The lowest BCUT2D eigenvalue weighted by Crippen LogP contribution is -2.39. The molecule has 1 heterocycles. The van der Waals surface area contributed by atoms with E-state index in [1.165, 1.54) is 6.07 Å². The largest absolute Gasteiger partial charge is 0.493 e. The Morgan fingerprint density at radius 3 is 2.41 bits per heavy atom. The number of amides is 1. The molecule has 1 aliphatic rings. The third-order valence-corrected chi connectivity index (χ3v) is 4.84. The summed E-state index contributed by atoms with van der Waals surface area (Å²) in [7, 11) is 3.11. The fraction of sp³-hybridized carbons (Fsp3) is 0.381. The maximum absolute atomic E-state index is 13.6. The number of methoxy groups -OCH3 is 2. The van der Waals surface area contributed by atoms with Crippen molar-refractivity contribution in [3.63, 3.8) is 0 Å². The number of carbonyl (C=O) groups excluding carboxylic acids is 1. The number of nitrogens with zero attached hydrogens (tertiary/aromatic N) is 1. The molecule has 0 bridgehead atoms. The highest BCUT2D eigenvalue weighted by Gasteiger charge is 2.25. The Morgan fingerprint density at radius 1 is 1.04 bits per heavy atom. The van der Waals surface area contributed by atoms with Gasteiger partial charge in [-0.1, -0.05) is 12.1 Å². The highest BCUT2D eigenvalue weighted by molar-refractivity contribution is 5.95. The topological polar surface area (TPSA) is 48.0 Å². The van der Waals surface area contributed by atoms with Gasteiger partial charge in [0, 0.05) is 18.7 Å². The lowest BCUT2D eigenvalue weighted by Gasteiger charge is -2.32. The zero-order valence-electron chi connectivity index (χ0n) is 15.6. The number of para-hydroxylation sites is 1. The van der Waals surface area contributed by atoms with Crippen LogP contribution in [-0.4, -0.2) is 44.7 Å². The molecule has 27 heavy (non-hydrogen) atoms. The summed E-state index contributed by atoms with van der Waals surface area (Å²) in [4.78, 5) is 14.6. The van der Waals surface area contributed by atoms with Crippen LogP contribution < -0.4 is 14.2 Å². The van der Waals surface area contributed by atoms with Gasteiger partial charge in [0.1, 0.15) is 0 Å². The minimum Gasteiger partial charge on any atom is -0.493 e. The van der Waals surface area contributed by atoms with Gasteiger partial charge in [0.2, 0.25) is 0 Å². The van der Waals surface area contributed by atoms with Crippen molar-refractivity contribution in [2.75, 3.05) is 33.9 Å². The second-order valence-corrected chi connectivity index (χ2v) is 6.55. The minimum atomic E-state index is -0.349. The number of halogens is 1. The van der Waals surface area contributed by atoms with Gasteiger partial charge in [-0.15, -0.1) is 0 Å². The van der Waals surface area contributed by atoms with Crippen LogP contribution in [0.3, 0.4) is 0 Å². The molecule has 0 saturated carbocycles. The summed E-state index contributed by atoms with van der Waals surface area (Å²) in [6.07, 6.45) is 1.65. The molecule has 0 unspecified atom stereocenters. The van der Waals surface area contributed by atoms with Crippen LogP contribution in [0.5, 0.6) is 17.2 Å². The van der Waals surface area contributed by atoms with Crippen molar-refractivity contribution in [2.24, 2.45) is 5.92 Å². The first kappa shape index (κ1) is 19.0. The summed E-state index contributed by atoms with van der Waals surface area (Å²) in [6.45, 7) is 1.76. The van der Waals surface area contributed by atoms with E-state index >= 15 is 0 Å². The fourth-order valence-corrected chi connectivity index (χ4v) is 3.22. The van der Waals surface area contributed by atoms with Crippen molar-refractivity contribution >= 4 is 5.91 Å². The van der Waals surface area contributed by atoms with Gasteiger partial charge in [-0.25, -0.2) is 4.39 Å². The Kier molecular flexibility index (Phi) is 6.16. The lowest BCUT2D eigenvalue weighted by atomic mass is 9.97. The number of ether oxygens (including phenoxy) is 3. The van der Waals surface area contributed by atoms with Crippen LogP contribution in [0.1, 0.15) is 23.2 Å². The second-order valence-electron chi connectivity index (χ2n) is 6.55. The quantitative estimate of drug-likeness (QED) is 0.773. The molecule has 0 aromatic heterocycles. The average Bonchev–Trinajstić information content (AvgIpc) is 2.72. The van der Waals surface area contributed by atoms with Gasteiger partial charge in [0.05, 0.1) is 20.8 Å². The fourth-order valence-electron chi connectivity index (χ4n) is 3.22. The number of hydrogen-bond acceptors (Lipinski definition) is 4. The number of piperidine rings is 1. The second kappa shape index (κ2) is 8.75. The molecule has 0 radical (unpaired) electrons. The molecule has 1 amide bonds. The zero-order valence-corrected chi connectivity index (χ0v) is 15.6. The maximum Gasteiger partial charge on any atom is 0.253 e. The Hall–Kier alpha value is -2.76. The Balaban J connectivity index is 1.54. The van der Waals surface area contributed by atoms with Gasteiger partial charge in [-0.2, -0.15) is 0 Å². The number of hydrogen-bond donors (Lipinski definition) is 0. The maximum atomic E-state index is 13.6. The summed E-state index contributed by atoms with van der Waals surface area (Å²) < 4.78 is 29.7. The number of likely N-dealkylation sites (tertiary alicyclic amines) is 1. The molecule has 144 valence electrons. The highest BCUT2D eigenvalue weighted by Crippen LogP contribution is 2.29. The standard InChI is InChI=1S/C21H24FNO4/c1-25-19-8-7-16(13-20(19)26-2)21(24)23-11-9-15(10-12-23)14-27-18-6-4-3-5-17(18)22/h3-8,13,15H,9-12,14H2,1-2H3. The van der Waals surface area contributed by atoms with Gasteiger partial charge in [-0.3, -0.25) is 4.79 Å². The summed E-state index contributed by atoms with van der Waals surface area (Å²) in [6, 6.07) is 11.6. The van der Waals surface area contributed by atoms with Crippen LogP contribution in [0.2, 0.25) is 0 Å². The van der Waals surface area contributed by atoms with Gasteiger partial charge in [0.15, 0.2) is 23.1 Å². The SMILES string of the molecule is COc1ccc(C(=O)N2CCC(COc3ccccc3F)CC2)cc1OC. The minimum absolute atomic E-state index is 0.0237. The van der Waals surface area contributed by atoms with E-state index in [0.29, 0.717) is 42.7 Å². The summed E-state index contributed by atoms with van der Waals surface area (Å²) in [5.41, 5.74) is 0.578. The predicted molar refractivity (Wildman–Crippen MR) is 100 cm³/mol. The molecule has 2 aromatic rings. The van der Waals surface area contributed by atoms with Crippen LogP contribution in [0.4, 0.5) is 4.39 Å². The van der Waals surface area contributed by atoms with E-state index in [-0.39, 0.29) is 17.5 Å². The molecule has 0 aliphatic carbocycles. The Labute approximate surface area is 158 Å². The molecule has 1 aliphatic heterocycles. The van der Waals surface area contributed by atoms with Crippen LogP contribution in [-0.2, 0) is 0 Å². The van der Waals surface area contributed by atoms with E-state index in [1.807, 2.05) is 4.90 Å². The molecule has 0 N–H and O–H groups in total. The van der Waals surface area contributed by atoms with Gasteiger partial charge in [-0.05, 0) is 49.1 Å². The summed E-state index contributed by atoms with van der Waals surface area (Å²) in [5.74, 6) is 1.35. The molecular formula is C21H24FNO4. The van der Waals surface area contributed by atoms with Gasteiger partial charge in [0.25, 0.3) is 5.91 Å². The normalized spacial score (nSPS) is 14.7. The monoisotopic (exact) mass is 373 g/mol. The van der Waals surface area contributed by atoms with Crippen LogP contribution >= 0.6 is 0 Å².